The van der Waals surface area contributed by atoms with E-state index in [9.17, 15) is 9.18 Å². The fourth-order valence-electron chi connectivity index (χ4n) is 2.12. The number of halogens is 1. The molecule has 22 heavy (non-hydrogen) atoms. The number of dihydropyridines is 1. The number of hydrogen-bond donors (Lipinski definition) is 4. The standard InChI is InChI=1S/C16H15FN4O/c17-14-3-1-12(2-4-14)16(22)20-15-9-13(10-19-21-15)11-5-7-18-8-6-11/h1-7,9-10,18-19,21H,8H2,(H,20,22). The van der Waals surface area contributed by atoms with Gasteiger partial charge in [-0.2, -0.15) is 0 Å². The van der Waals surface area contributed by atoms with Crippen LogP contribution in [0.4, 0.5) is 4.39 Å². The molecule has 2 heterocycles. The van der Waals surface area contributed by atoms with Crippen molar-refractivity contribution in [1.82, 2.24) is 21.5 Å². The molecule has 0 fully saturated rings. The molecule has 3 rings (SSSR count). The van der Waals surface area contributed by atoms with Crippen molar-refractivity contribution >= 4 is 5.91 Å². The van der Waals surface area contributed by atoms with Crippen LogP contribution in [0.5, 0.6) is 0 Å². The van der Waals surface area contributed by atoms with Gasteiger partial charge >= 0.3 is 0 Å². The molecule has 0 unspecified atom stereocenters. The fraction of sp³-hybridized carbons (Fsp3) is 0.0625. The number of allylic oxidation sites excluding steroid dienone is 4. The Labute approximate surface area is 127 Å². The molecule has 0 aromatic heterocycles. The molecule has 112 valence electrons. The van der Waals surface area contributed by atoms with E-state index >= 15 is 0 Å². The Balaban J connectivity index is 1.72. The molecule has 0 radical (unpaired) electrons. The van der Waals surface area contributed by atoms with Gasteiger partial charge in [-0.05, 0) is 48.2 Å². The van der Waals surface area contributed by atoms with E-state index in [0.717, 1.165) is 17.7 Å². The van der Waals surface area contributed by atoms with Gasteiger partial charge in [0.1, 0.15) is 11.6 Å². The zero-order chi connectivity index (χ0) is 15.4. The Hall–Kier alpha value is -3.02. The van der Waals surface area contributed by atoms with E-state index in [1.165, 1.54) is 24.3 Å². The van der Waals surface area contributed by atoms with Crippen molar-refractivity contribution in [3.8, 4) is 0 Å². The van der Waals surface area contributed by atoms with Gasteiger partial charge in [0, 0.05) is 23.9 Å². The lowest BCUT2D eigenvalue weighted by Gasteiger charge is -2.19. The van der Waals surface area contributed by atoms with Gasteiger partial charge in [-0.3, -0.25) is 10.2 Å². The molecule has 2 aliphatic rings. The van der Waals surface area contributed by atoms with E-state index in [-0.39, 0.29) is 11.7 Å². The van der Waals surface area contributed by atoms with Crippen LogP contribution in [-0.2, 0) is 0 Å². The highest BCUT2D eigenvalue weighted by Gasteiger charge is 2.12. The molecule has 6 heteroatoms. The first-order chi connectivity index (χ1) is 10.7. The third-order valence-electron chi connectivity index (χ3n) is 3.24. The predicted octanol–water partition coefficient (Wildman–Crippen LogP) is 1.43. The predicted molar refractivity (Wildman–Crippen MR) is 81.5 cm³/mol. The Morgan fingerprint density at radius 3 is 2.73 bits per heavy atom. The van der Waals surface area contributed by atoms with Crippen molar-refractivity contribution in [3.63, 3.8) is 0 Å². The van der Waals surface area contributed by atoms with Gasteiger partial charge in [0.25, 0.3) is 5.91 Å². The van der Waals surface area contributed by atoms with Crippen molar-refractivity contribution in [2.75, 3.05) is 6.54 Å². The average Bonchev–Trinajstić information content (AvgIpc) is 2.56. The van der Waals surface area contributed by atoms with Crippen LogP contribution in [0.1, 0.15) is 10.4 Å². The number of benzene rings is 1. The van der Waals surface area contributed by atoms with E-state index in [2.05, 4.69) is 27.6 Å². The van der Waals surface area contributed by atoms with Crippen molar-refractivity contribution in [2.45, 2.75) is 0 Å². The number of hydrazine groups is 1. The zero-order valence-electron chi connectivity index (χ0n) is 11.7. The molecule has 5 nitrogen and oxygen atoms in total. The lowest BCUT2D eigenvalue weighted by Crippen LogP contribution is -2.39. The first-order valence-corrected chi connectivity index (χ1v) is 6.83. The van der Waals surface area contributed by atoms with Crippen LogP contribution in [0, 0.1) is 5.82 Å². The topological polar surface area (TPSA) is 65.2 Å². The Bertz CT molecular complexity index is 701. The van der Waals surface area contributed by atoms with Crippen LogP contribution < -0.4 is 21.5 Å². The quantitative estimate of drug-likeness (QED) is 0.682. The lowest BCUT2D eigenvalue weighted by atomic mass is 10.0. The average molecular weight is 298 g/mol. The van der Waals surface area contributed by atoms with Gasteiger partial charge < -0.3 is 16.1 Å². The van der Waals surface area contributed by atoms with E-state index in [1.807, 2.05) is 24.6 Å². The largest absolute Gasteiger partial charge is 0.387 e. The summed E-state index contributed by atoms with van der Waals surface area (Å²) in [5, 5.41) is 5.82. The molecule has 4 N–H and O–H groups in total. The number of carbonyl (C=O) groups excluding carboxylic acids is 1. The van der Waals surface area contributed by atoms with Crippen LogP contribution in [0.15, 0.2) is 71.9 Å². The van der Waals surface area contributed by atoms with E-state index in [0.29, 0.717) is 11.4 Å². The third kappa shape index (κ3) is 3.17. The monoisotopic (exact) mass is 298 g/mol. The maximum atomic E-state index is 12.9. The maximum Gasteiger partial charge on any atom is 0.256 e. The first kappa shape index (κ1) is 13.9. The molecule has 2 aliphatic heterocycles. The molecule has 0 atom stereocenters. The normalized spacial score (nSPS) is 16.3. The lowest BCUT2D eigenvalue weighted by molar-refractivity contribution is 0.0962. The van der Waals surface area contributed by atoms with E-state index in [4.69, 9.17) is 0 Å². The molecule has 0 saturated heterocycles. The summed E-state index contributed by atoms with van der Waals surface area (Å²) in [4.78, 5) is 12.1. The molecule has 1 amide bonds. The summed E-state index contributed by atoms with van der Waals surface area (Å²) in [6.45, 7) is 0.766. The number of nitrogens with one attached hydrogen (secondary N) is 4. The second-order valence-corrected chi connectivity index (χ2v) is 4.79. The minimum atomic E-state index is -0.372. The molecule has 1 aromatic carbocycles. The molecule has 0 bridgehead atoms. The minimum Gasteiger partial charge on any atom is -0.387 e. The van der Waals surface area contributed by atoms with Gasteiger partial charge in [0.2, 0.25) is 0 Å². The Morgan fingerprint density at radius 1 is 1.18 bits per heavy atom. The maximum absolute atomic E-state index is 12.9. The highest BCUT2D eigenvalue weighted by molar-refractivity contribution is 5.95. The minimum absolute atomic E-state index is 0.309. The molecular weight excluding hydrogens is 283 g/mol. The van der Waals surface area contributed by atoms with Gasteiger partial charge in [0.15, 0.2) is 0 Å². The Kier molecular flexibility index (Phi) is 3.91. The summed E-state index contributed by atoms with van der Waals surface area (Å²) >= 11 is 0. The summed E-state index contributed by atoms with van der Waals surface area (Å²) in [5.41, 5.74) is 8.16. The molecule has 1 aromatic rings. The highest BCUT2D eigenvalue weighted by Crippen LogP contribution is 2.16. The number of carbonyl (C=O) groups is 1. The molecule has 0 saturated carbocycles. The summed E-state index contributed by atoms with van der Waals surface area (Å²) in [6, 6.07) is 5.39. The van der Waals surface area contributed by atoms with Crippen molar-refractivity contribution in [1.29, 1.82) is 0 Å². The van der Waals surface area contributed by atoms with Gasteiger partial charge in [-0.25, -0.2) is 4.39 Å². The van der Waals surface area contributed by atoms with Crippen molar-refractivity contribution < 1.29 is 9.18 Å². The van der Waals surface area contributed by atoms with Crippen molar-refractivity contribution in [3.05, 3.63) is 83.2 Å². The third-order valence-corrected chi connectivity index (χ3v) is 3.24. The van der Waals surface area contributed by atoms with Gasteiger partial charge in [-0.1, -0.05) is 6.08 Å². The summed E-state index contributed by atoms with van der Waals surface area (Å²) in [7, 11) is 0. The second-order valence-electron chi connectivity index (χ2n) is 4.79. The SMILES string of the molecule is O=C(NC1=CC(C2=CCNC=C2)=CNN1)c1ccc(F)cc1. The van der Waals surface area contributed by atoms with Gasteiger partial charge in [0.05, 0.1) is 0 Å². The molecule has 0 spiro atoms. The summed E-state index contributed by atoms with van der Waals surface area (Å²) < 4.78 is 12.9. The van der Waals surface area contributed by atoms with Crippen LogP contribution in [0.3, 0.4) is 0 Å². The second kappa shape index (κ2) is 6.17. The molecular formula is C16H15FN4O. The summed E-state index contributed by atoms with van der Waals surface area (Å²) in [5.74, 6) is -0.153. The van der Waals surface area contributed by atoms with Crippen LogP contribution >= 0.6 is 0 Å². The van der Waals surface area contributed by atoms with Crippen LogP contribution in [-0.4, -0.2) is 12.5 Å². The Morgan fingerprint density at radius 2 is 2.00 bits per heavy atom. The fourth-order valence-corrected chi connectivity index (χ4v) is 2.12. The highest BCUT2D eigenvalue weighted by atomic mass is 19.1. The number of rotatable bonds is 3. The summed E-state index contributed by atoms with van der Waals surface area (Å²) in [6.07, 6.45) is 9.53. The zero-order valence-corrected chi connectivity index (χ0v) is 11.7. The smallest absolute Gasteiger partial charge is 0.256 e. The van der Waals surface area contributed by atoms with E-state index in [1.54, 1.807) is 0 Å². The van der Waals surface area contributed by atoms with Crippen LogP contribution in [0.2, 0.25) is 0 Å². The van der Waals surface area contributed by atoms with Gasteiger partial charge in [-0.15, -0.1) is 0 Å². The molecule has 0 aliphatic carbocycles. The first-order valence-electron chi connectivity index (χ1n) is 6.83. The number of amides is 1. The van der Waals surface area contributed by atoms with Crippen LogP contribution in [0.25, 0.3) is 0 Å². The number of hydrogen-bond acceptors (Lipinski definition) is 4. The van der Waals surface area contributed by atoms with Crippen molar-refractivity contribution in [2.24, 2.45) is 0 Å². The van der Waals surface area contributed by atoms with E-state index < -0.39 is 0 Å².